The number of nitrogens with zero attached hydrogens (tertiary/aromatic N) is 2. The minimum atomic E-state index is 0.221. The van der Waals surface area contributed by atoms with Crippen LogP contribution in [0.4, 0.5) is 5.95 Å². The standard InChI is InChI=1S/C16H13N3O/c17-16-18-14(11-4-2-1-3-5-11)10-15(19-16)12-6-8-13(20)9-7-12/h1-10,20H,(H2,17,18,19). The second-order valence-electron chi connectivity index (χ2n) is 4.41. The zero-order chi connectivity index (χ0) is 13.9. The predicted octanol–water partition coefficient (Wildman–Crippen LogP) is 3.10. The molecule has 3 N–H and O–H groups in total. The van der Waals surface area contributed by atoms with Gasteiger partial charge < -0.3 is 10.8 Å². The highest BCUT2D eigenvalue weighted by molar-refractivity contribution is 5.69. The van der Waals surface area contributed by atoms with Crippen molar-refractivity contribution in [3.8, 4) is 28.3 Å². The quantitative estimate of drug-likeness (QED) is 0.745. The van der Waals surface area contributed by atoms with Crippen molar-refractivity contribution >= 4 is 5.95 Å². The molecule has 0 amide bonds. The molecule has 0 aliphatic heterocycles. The third-order valence-electron chi connectivity index (χ3n) is 2.98. The molecule has 0 aliphatic rings. The maximum Gasteiger partial charge on any atom is 0.221 e. The van der Waals surface area contributed by atoms with Crippen molar-refractivity contribution in [3.63, 3.8) is 0 Å². The minimum Gasteiger partial charge on any atom is -0.508 e. The van der Waals surface area contributed by atoms with Gasteiger partial charge >= 0.3 is 0 Å². The number of rotatable bonds is 2. The van der Waals surface area contributed by atoms with Gasteiger partial charge in [-0.25, -0.2) is 9.97 Å². The Labute approximate surface area is 116 Å². The fraction of sp³-hybridized carbons (Fsp3) is 0. The maximum absolute atomic E-state index is 9.33. The summed E-state index contributed by atoms with van der Waals surface area (Å²) in [7, 11) is 0. The Morgan fingerprint density at radius 1 is 0.750 bits per heavy atom. The van der Waals surface area contributed by atoms with Gasteiger partial charge in [0.1, 0.15) is 5.75 Å². The molecule has 4 heteroatoms. The lowest BCUT2D eigenvalue weighted by Gasteiger charge is -2.06. The highest BCUT2D eigenvalue weighted by atomic mass is 16.3. The van der Waals surface area contributed by atoms with Crippen LogP contribution in [-0.2, 0) is 0 Å². The molecule has 0 spiro atoms. The fourth-order valence-electron chi connectivity index (χ4n) is 2.00. The molecule has 0 atom stereocenters. The molecule has 2 aromatic carbocycles. The number of hydrogen-bond donors (Lipinski definition) is 2. The van der Waals surface area contributed by atoms with Crippen LogP contribution in [0.15, 0.2) is 60.7 Å². The van der Waals surface area contributed by atoms with E-state index in [1.807, 2.05) is 36.4 Å². The molecular weight excluding hydrogens is 250 g/mol. The van der Waals surface area contributed by atoms with E-state index < -0.39 is 0 Å². The number of benzene rings is 2. The van der Waals surface area contributed by atoms with Crippen LogP contribution in [0.25, 0.3) is 22.5 Å². The van der Waals surface area contributed by atoms with Crippen molar-refractivity contribution in [1.82, 2.24) is 9.97 Å². The number of nitrogens with two attached hydrogens (primary N) is 1. The van der Waals surface area contributed by atoms with Gasteiger partial charge in [0.15, 0.2) is 0 Å². The van der Waals surface area contributed by atoms with Gasteiger partial charge in [0, 0.05) is 11.1 Å². The minimum absolute atomic E-state index is 0.221. The van der Waals surface area contributed by atoms with E-state index in [-0.39, 0.29) is 11.7 Å². The largest absolute Gasteiger partial charge is 0.508 e. The molecule has 4 nitrogen and oxygen atoms in total. The van der Waals surface area contributed by atoms with E-state index in [4.69, 9.17) is 5.73 Å². The van der Waals surface area contributed by atoms with Crippen molar-refractivity contribution in [2.24, 2.45) is 0 Å². The van der Waals surface area contributed by atoms with Gasteiger partial charge in [-0.15, -0.1) is 0 Å². The SMILES string of the molecule is Nc1nc(-c2ccccc2)cc(-c2ccc(O)cc2)n1. The summed E-state index contributed by atoms with van der Waals surface area (Å²) in [6.45, 7) is 0. The van der Waals surface area contributed by atoms with E-state index in [1.165, 1.54) is 0 Å². The molecule has 0 unspecified atom stereocenters. The van der Waals surface area contributed by atoms with E-state index in [1.54, 1.807) is 24.3 Å². The van der Waals surface area contributed by atoms with Crippen LogP contribution in [0.3, 0.4) is 0 Å². The van der Waals surface area contributed by atoms with Crippen molar-refractivity contribution in [1.29, 1.82) is 0 Å². The summed E-state index contributed by atoms with van der Waals surface area (Å²) in [5.74, 6) is 0.452. The van der Waals surface area contributed by atoms with Gasteiger partial charge in [-0.1, -0.05) is 30.3 Å². The van der Waals surface area contributed by atoms with E-state index in [0.717, 1.165) is 22.5 Å². The fourth-order valence-corrected chi connectivity index (χ4v) is 2.00. The number of nitrogen functional groups attached to an aromatic ring is 1. The first-order valence-electron chi connectivity index (χ1n) is 6.22. The lowest BCUT2D eigenvalue weighted by atomic mass is 10.1. The van der Waals surface area contributed by atoms with Crippen LogP contribution in [0.5, 0.6) is 5.75 Å². The zero-order valence-corrected chi connectivity index (χ0v) is 10.7. The summed E-state index contributed by atoms with van der Waals surface area (Å²) < 4.78 is 0. The molecule has 1 heterocycles. The summed E-state index contributed by atoms with van der Waals surface area (Å²) in [6.07, 6.45) is 0. The molecule has 20 heavy (non-hydrogen) atoms. The predicted molar refractivity (Wildman–Crippen MR) is 79.0 cm³/mol. The molecule has 1 aromatic heterocycles. The van der Waals surface area contributed by atoms with Crippen LogP contribution < -0.4 is 5.73 Å². The van der Waals surface area contributed by atoms with Crippen molar-refractivity contribution in [3.05, 3.63) is 60.7 Å². The number of anilines is 1. The summed E-state index contributed by atoms with van der Waals surface area (Å²) in [5.41, 5.74) is 9.18. The van der Waals surface area contributed by atoms with Gasteiger partial charge in [-0.3, -0.25) is 0 Å². The van der Waals surface area contributed by atoms with E-state index >= 15 is 0 Å². The van der Waals surface area contributed by atoms with E-state index in [9.17, 15) is 5.11 Å². The summed E-state index contributed by atoms with van der Waals surface area (Å²) in [4.78, 5) is 8.51. The molecule has 98 valence electrons. The zero-order valence-electron chi connectivity index (χ0n) is 10.7. The third-order valence-corrected chi connectivity index (χ3v) is 2.98. The highest BCUT2D eigenvalue weighted by Crippen LogP contribution is 2.25. The Bertz CT molecular complexity index is 724. The van der Waals surface area contributed by atoms with Gasteiger partial charge in [0.25, 0.3) is 0 Å². The summed E-state index contributed by atoms with van der Waals surface area (Å²) in [6, 6.07) is 18.5. The van der Waals surface area contributed by atoms with Crippen LogP contribution >= 0.6 is 0 Å². The Morgan fingerprint density at radius 2 is 1.30 bits per heavy atom. The van der Waals surface area contributed by atoms with Crippen molar-refractivity contribution < 1.29 is 5.11 Å². The van der Waals surface area contributed by atoms with E-state index in [0.29, 0.717) is 0 Å². The first-order valence-corrected chi connectivity index (χ1v) is 6.22. The number of phenolic OH excluding ortho intramolecular Hbond substituents is 1. The molecule has 0 fully saturated rings. The number of aromatic nitrogens is 2. The lowest BCUT2D eigenvalue weighted by molar-refractivity contribution is 0.475. The van der Waals surface area contributed by atoms with Crippen LogP contribution in [0, 0.1) is 0 Å². The molecule has 0 saturated heterocycles. The van der Waals surface area contributed by atoms with Crippen LogP contribution in [0.1, 0.15) is 0 Å². The van der Waals surface area contributed by atoms with Gasteiger partial charge in [-0.05, 0) is 30.3 Å². The summed E-state index contributed by atoms with van der Waals surface area (Å²) >= 11 is 0. The van der Waals surface area contributed by atoms with Crippen molar-refractivity contribution in [2.45, 2.75) is 0 Å². The Morgan fingerprint density at radius 3 is 1.90 bits per heavy atom. The monoisotopic (exact) mass is 263 g/mol. The van der Waals surface area contributed by atoms with Crippen LogP contribution in [-0.4, -0.2) is 15.1 Å². The lowest BCUT2D eigenvalue weighted by Crippen LogP contribution is -1.98. The molecule has 3 rings (SSSR count). The molecule has 0 radical (unpaired) electrons. The second kappa shape index (κ2) is 5.01. The highest BCUT2D eigenvalue weighted by Gasteiger charge is 2.06. The smallest absolute Gasteiger partial charge is 0.221 e. The normalized spacial score (nSPS) is 10.4. The Balaban J connectivity index is 2.09. The Hall–Kier alpha value is -2.88. The van der Waals surface area contributed by atoms with E-state index in [2.05, 4.69) is 9.97 Å². The number of hydrogen-bond acceptors (Lipinski definition) is 4. The first-order chi connectivity index (χ1) is 9.72. The third kappa shape index (κ3) is 2.44. The topological polar surface area (TPSA) is 72.0 Å². The Kier molecular flexibility index (Phi) is 3.05. The van der Waals surface area contributed by atoms with Gasteiger partial charge in [0.2, 0.25) is 5.95 Å². The number of phenols is 1. The molecule has 0 aliphatic carbocycles. The first kappa shape index (κ1) is 12.2. The van der Waals surface area contributed by atoms with Crippen molar-refractivity contribution in [2.75, 3.05) is 5.73 Å². The van der Waals surface area contributed by atoms with Crippen LogP contribution in [0.2, 0.25) is 0 Å². The molecule has 0 bridgehead atoms. The molecule has 3 aromatic rings. The van der Waals surface area contributed by atoms with Gasteiger partial charge in [-0.2, -0.15) is 0 Å². The molecule has 0 saturated carbocycles. The van der Waals surface area contributed by atoms with Gasteiger partial charge in [0.05, 0.1) is 11.4 Å². The number of aromatic hydroxyl groups is 1. The average Bonchev–Trinajstić information content (AvgIpc) is 2.48. The molecular formula is C16H13N3O. The average molecular weight is 263 g/mol. The maximum atomic E-state index is 9.33. The summed E-state index contributed by atoms with van der Waals surface area (Å²) in [5, 5.41) is 9.33. The second-order valence-corrected chi connectivity index (χ2v) is 4.41.